The molecule has 130 valence electrons. The molecule has 2 aliphatic carbocycles. The van der Waals surface area contributed by atoms with Crippen molar-refractivity contribution in [3.05, 3.63) is 23.8 Å². The standard InChI is InChI=1S/C20H32O3/c1-14(12-18(22)23)6-8-16-15(2)7-9-17-19(3,13-21)10-5-11-20(16,17)4/h12,16-17,21H,2,5-11,13H2,1,3-4H3,(H,22,23)/b14-12-/t16-,17+,19+,20+/m0/s1. The molecular formula is C20H32O3. The molecule has 23 heavy (non-hydrogen) atoms. The van der Waals surface area contributed by atoms with Crippen molar-refractivity contribution in [2.24, 2.45) is 22.7 Å². The summed E-state index contributed by atoms with van der Waals surface area (Å²) in [5.74, 6) is 0.108. The lowest BCUT2D eigenvalue weighted by molar-refractivity contribution is -0.131. The third kappa shape index (κ3) is 3.55. The molecule has 0 aromatic heterocycles. The van der Waals surface area contributed by atoms with Crippen LogP contribution in [0.4, 0.5) is 0 Å². The van der Waals surface area contributed by atoms with Crippen molar-refractivity contribution < 1.29 is 15.0 Å². The van der Waals surface area contributed by atoms with E-state index in [1.807, 2.05) is 6.92 Å². The molecule has 2 aliphatic rings. The van der Waals surface area contributed by atoms with Crippen LogP contribution in [0.5, 0.6) is 0 Å². The van der Waals surface area contributed by atoms with Crippen LogP contribution in [0.1, 0.15) is 65.7 Å². The Morgan fingerprint density at radius 3 is 2.70 bits per heavy atom. The van der Waals surface area contributed by atoms with E-state index in [0.29, 0.717) is 11.8 Å². The quantitative estimate of drug-likeness (QED) is 0.576. The summed E-state index contributed by atoms with van der Waals surface area (Å²) in [6, 6.07) is 0. The molecule has 4 atom stereocenters. The Balaban J connectivity index is 2.20. The van der Waals surface area contributed by atoms with E-state index in [0.717, 1.165) is 44.1 Å². The van der Waals surface area contributed by atoms with Gasteiger partial charge in [-0.1, -0.05) is 38.0 Å². The highest BCUT2D eigenvalue weighted by molar-refractivity contribution is 5.80. The Labute approximate surface area is 140 Å². The Morgan fingerprint density at radius 1 is 1.39 bits per heavy atom. The molecule has 0 heterocycles. The van der Waals surface area contributed by atoms with Crippen LogP contribution >= 0.6 is 0 Å². The zero-order valence-corrected chi connectivity index (χ0v) is 14.9. The molecular weight excluding hydrogens is 288 g/mol. The van der Waals surface area contributed by atoms with Crippen LogP contribution in [0.25, 0.3) is 0 Å². The van der Waals surface area contributed by atoms with Crippen molar-refractivity contribution >= 4 is 5.97 Å². The van der Waals surface area contributed by atoms with Crippen LogP contribution in [-0.4, -0.2) is 22.8 Å². The molecule has 3 heteroatoms. The van der Waals surface area contributed by atoms with Gasteiger partial charge in [-0.25, -0.2) is 4.79 Å². The number of aliphatic hydroxyl groups is 1. The first-order valence-electron chi connectivity index (χ1n) is 8.91. The number of carboxylic acids is 1. The first-order chi connectivity index (χ1) is 10.7. The highest BCUT2D eigenvalue weighted by Crippen LogP contribution is 2.61. The first kappa shape index (κ1) is 18.3. The topological polar surface area (TPSA) is 57.5 Å². The van der Waals surface area contributed by atoms with E-state index in [4.69, 9.17) is 5.11 Å². The normalized spacial score (nSPS) is 38.3. The van der Waals surface area contributed by atoms with Gasteiger partial charge in [0.15, 0.2) is 0 Å². The molecule has 0 amide bonds. The van der Waals surface area contributed by atoms with Crippen LogP contribution in [0.3, 0.4) is 0 Å². The van der Waals surface area contributed by atoms with Crippen molar-refractivity contribution in [2.45, 2.75) is 65.7 Å². The van der Waals surface area contributed by atoms with Gasteiger partial charge in [-0.3, -0.25) is 0 Å². The van der Waals surface area contributed by atoms with Gasteiger partial charge in [0.05, 0.1) is 0 Å². The summed E-state index contributed by atoms with van der Waals surface area (Å²) in [5, 5.41) is 18.9. The van der Waals surface area contributed by atoms with Crippen LogP contribution < -0.4 is 0 Å². The molecule has 0 aromatic carbocycles. The van der Waals surface area contributed by atoms with Crippen molar-refractivity contribution in [3.63, 3.8) is 0 Å². The third-order valence-electron chi connectivity index (χ3n) is 6.70. The smallest absolute Gasteiger partial charge is 0.328 e. The fourth-order valence-electron chi connectivity index (χ4n) is 5.46. The summed E-state index contributed by atoms with van der Waals surface area (Å²) in [6.45, 7) is 11.1. The number of aliphatic hydroxyl groups excluding tert-OH is 1. The van der Waals surface area contributed by atoms with Crippen molar-refractivity contribution in [1.82, 2.24) is 0 Å². The lowest BCUT2D eigenvalue weighted by atomic mass is 9.47. The second-order valence-electron chi connectivity index (χ2n) is 8.34. The summed E-state index contributed by atoms with van der Waals surface area (Å²) < 4.78 is 0. The fraction of sp³-hybridized carbons (Fsp3) is 0.750. The predicted octanol–water partition coefficient (Wildman–Crippen LogP) is 4.57. The molecule has 0 bridgehead atoms. The number of rotatable bonds is 5. The van der Waals surface area contributed by atoms with E-state index in [1.165, 1.54) is 18.1 Å². The summed E-state index contributed by atoms with van der Waals surface area (Å²) in [7, 11) is 0. The average Bonchev–Trinajstić information content (AvgIpc) is 2.45. The van der Waals surface area contributed by atoms with Gasteiger partial charge in [-0.05, 0) is 68.1 Å². The minimum Gasteiger partial charge on any atom is -0.478 e. The summed E-state index contributed by atoms with van der Waals surface area (Å²) >= 11 is 0. The van der Waals surface area contributed by atoms with E-state index in [1.54, 1.807) is 0 Å². The largest absolute Gasteiger partial charge is 0.478 e. The second-order valence-corrected chi connectivity index (χ2v) is 8.34. The second kappa shape index (κ2) is 6.80. The van der Waals surface area contributed by atoms with E-state index >= 15 is 0 Å². The minimum atomic E-state index is -0.861. The Bertz CT molecular complexity index is 507. The highest BCUT2D eigenvalue weighted by atomic mass is 16.4. The molecule has 0 radical (unpaired) electrons. The molecule has 2 rings (SSSR count). The third-order valence-corrected chi connectivity index (χ3v) is 6.70. The Hall–Kier alpha value is -1.09. The van der Waals surface area contributed by atoms with Crippen LogP contribution in [0.2, 0.25) is 0 Å². The average molecular weight is 320 g/mol. The van der Waals surface area contributed by atoms with Crippen molar-refractivity contribution in [1.29, 1.82) is 0 Å². The maximum Gasteiger partial charge on any atom is 0.328 e. The lowest BCUT2D eigenvalue weighted by Gasteiger charge is -2.58. The summed E-state index contributed by atoms with van der Waals surface area (Å²) in [4.78, 5) is 10.8. The molecule has 2 N–H and O–H groups in total. The fourth-order valence-corrected chi connectivity index (χ4v) is 5.46. The number of carboxylic acid groups (broad SMARTS) is 1. The molecule has 0 unspecified atom stereocenters. The molecule has 0 saturated heterocycles. The molecule has 0 aromatic rings. The van der Waals surface area contributed by atoms with E-state index in [9.17, 15) is 9.90 Å². The Morgan fingerprint density at radius 2 is 2.09 bits per heavy atom. The summed E-state index contributed by atoms with van der Waals surface area (Å²) in [5.41, 5.74) is 2.47. The van der Waals surface area contributed by atoms with E-state index in [-0.39, 0.29) is 17.4 Å². The van der Waals surface area contributed by atoms with Gasteiger partial charge >= 0.3 is 5.97 Å². The number of fused-ring (bicyclic) bond motifs is 1. The van der Waals surface area contributed by atoms with Crippen LogP contribution in [0.15, 0.2) is 23.8 Å². The van der Waals surface area contributed by atoms with Gasteiger partial charge in [0.25, 0.3) is 0 Å². The summed E-state index contributed by atoms with van der Waals surface area (Å²) in [6.07, 6.45) is 8.76. The van der Waals surface area contributed by atoms with Gasteiger partial charge in [0, 0.05) is 12.7 Å². The Kier molecular flexibility index (Phi) is 5.40. The molecule has 2 saturated carbocycles. The van der Waals surface area contributed by atoms with Gasteiger partial charge in [-0.2, -0.15) is 0 Å². The monoisotopic (exact) mass is 320 g/mol. The van der Waals surface area contributed by atoms with Gasteiger partial charge in [0.1, 0.15) is 0 Å². The van der Waals surface area contributed by atoms with Crippen LogP contribution in [0, 0.1) is 22.7 Å². The number of hydrogen-bond donors (Lipinski definition) is 2. The molecule has 2 fully saturated rings. The maximum atomic E-state index is 10.8. The first-order valence-corrected chi connectivity index (χ1v) is 8.91. The maximum absolute atomic E-state index is 10.8. The number of carbonyl (C=O) groups is 1. The van der Waals surface area contributed by atoms with Gasteiger partial charge in [0.2, 0.25) is 0 Å². The predicted molar refractivity (Wildman–Crippen MR) is 93.1 cm³/mol. The number of aliphatic carboxylic acids is 1. The number of hydrogen-bond acceptors (Lipinski definition) is 2. The van der Waals surface area contributed by atoms with Gasteiger partial charge in [-0.15, -0.1) is 0 Å². The van der Waals surface area contributed by atoms with Crippen molar-refractivity contribution in [2.75, 3.05) is 6.61 Å². The number of allylic oxidation sites excluding steroid dienone is 2. The van der Waals surface area contributed by atoms with E-state index in [2.05, 4.69) is 20.4 Å². The molecule has 0 spiro atoms. The minimum absolute atomic E-state index is 0.0257. The lowest BCUT2D eigenvalue weighted by Crippen LogP contribution is -2.51. The zero-order valence-electron chi connectivity index (χ0n) is 14.9. The van der Waals surface area contributed by atoms with E-state index < -0.39 is 5.97 Å². The zero-order chi connectivity index (χ0) is 17.3. The van der Waals surface area contributed by atoms with Crippen LogP contribution in [-0.2, 0) is 4.79 Å². The molecule has 3 nitrogen and oxygen atoms in total. The van der Waals surface area contributed by atoms with Crippen molar-refractivity contribution in [3.8, 4) is 0 Å². The van der Waals surface area contributed by atoms with Gasteiger partial charge < -0.3 is 10.2 Å². The SMILES string of the molecule is C=C1CC[C@@H]2[C@@](C)(CO)CCC[C@]2(C)[C@H]1CC/C(C)=C\C(=O)O. The molecule has 0 aliphatic heterocycles. The highest BCUT2D eigenvalue weighted by Gasteiger charge is 2.53.